The summed E-state index contributed by atoms with van der Waals surface area (Å²) in [6.07, 6.45) is 0. The molecular weight excluding hydrogens is 280 g/mol. The Labute approximate surface area is 122 Å². The molecule has 0 heterocycles. The number of nitrogens with one attached hydrogen (secondary N) is 1. The summed E-state index contributed by atoms with van der Waals surface area (Å²) in [6.45, 7) is 2.03. The third-order valence-corrected chi connectivity index (χ3v) is 2.82. The predicted molar refractivity (Wildman–Crippen MR) is 75.8 cm³/mol. The first kappa shape index (κ1) is 17.0. The number of carbonyl (C=O) groups is 2. The first-order valence-electron chi connectivity index (χ1n) is 6.45. The van der Waals surface area contributed by atoms with Crippen LogP contribution in [0.1, 0.15) is 6.92 Å². The maximum atomic E-state index is 13.4. The van der Waals surface area contributed by atoms with Crippen LogP contribution in [0.15, 0.2) is 18.2 Å². The third-order valence-electron chi connectivity index (χ3n) is 2.82. The summed E-state index contributed by atoms with van der Waals surface area (Å²) >= 11 is 0. The number of hydrogen-bond donors (Lipinski definition) is 1. The Hall–Kier alpha value is -2.02. The highest BCUT2D eigenvalue weighted by atomic mass is 19.1. The van der Waals surface area contributed by atoms with Crippen LogP contribution in [0.25, 0.3) is 0 Å². The van der Waals surface area contributed by atoms with E-state index in [1.54, 1.807) is 0 Å². The standard InChI is InChI=1S/C14H19F2N3O2/c1-10(20)19(8-7-18(2)3)9-13(21)17-14-11(15)5-4-6-12(14)16/h4-6H,7-9H2,1-3H3,(H,17,21). The van der Waals surface area contributed by atoms with Crippen molar-refractivity contribution in [3.05, 3.63) is 29.8 Å². The van der Waals surface area contributed by atoms with Crippen molar-refractivity contribution in [3.63, 3.8) is 0 Å². The van der Waals surface area contributed by atoms with Crippen LogP contribution in [0.3, 0.4) is 0 Å². The number of amides is 2. The average molecular weight is 299 g/mol. The van der Waals surface area contributed by atoms with E-state index < -0.39 is 23.2 Å². The van der Waals surface area contributed by atoms with Crippen molar-refractivity contribution in [1.82, 2.24) is 9.80 Å². The second-order valence-electron chi connectivity index (χ2n) is 4.89. The molecule has 0 unspecified atom stereocenters. The molecule has 0 atom stereocenters. The molecule has 0 aliphatic rings. The maximum Gasteiger partial charge on any atom is 0.244 e. The van der Waals surface area contributed by atoms with E-state index in [4.69, 9.17) is 0 Å². The van der Waals surface area contributed by atoms with Gasteiger partial charge in [-0.2, -0.15) is 0 Å². The zero-order valence-corrected chi connectivity index (χ0v) is 12.3. The van der Waals surface area contributed by atoms with Gasteiger partial charge in [0.2, 0.25) is 11.8 Å². The SMILES string of the molecule is CC(=O)N(CCN(C)C)CC(=O)Nc1c(F)cccc1F. The van der Waals surface area contributed by atoms with Crippen LogP contribution < -0.4 is 5.32 Å². The Kier molecular flexibility index (Phi) is 6.23. The van der Waals surface area contributed by atoms with E-state index in [-0.39, 0.29) is 12.5 Å². The van der Waals surface area contributed by atoms with Crippen molar-refractivity contribution in [2.24, 2.45) is 0 Å². The van der Waals surface area contributed by atoms with E-state index in [2.05, 4.69) is 5.32 Å². The molecule has 0 bridgehead atoms. The van der Waals surface area contributed by atoms with Crippen molar-refractivity contribution >= 4 is 17.5 Å². The van der Waals surface area contributed by atoms with Crippen molar-refractivity contribution in [2.75, 3.05) is 39.0 Å². The van der Waals surface area contributed by atoms with Gasteiger partial charge in [-0.15, -0.1) is 0 Å². The Morgan fingerprint density at radius 3 is 2.19 bits per heavy atom. The van der Waals surface area contributed by atoms with E-state index in [9.17, 15) is 18.4 Å². The maximum absolute atomic E-state index is 13.4. The molecule has 0 radical (unpaired) electrons. The summed E-state index contributed by atoms with van der Waals surface area (Å²) in [6, 6.07) is 3.31. The highest BCUT2D eigenvalue weighted by Crippen LogP contribution is 2.17. The highest BCUT2D eigenvalue weighted by Gasteiger charge is 2.16. The fraction of sp³-hybridized carbons (Fsp3) is 0.429. The van der Waals surface area contributed by atoms with E-state index in [1.807, 2.05) is 19.0 Å². The summed E-state index contributed by atoms with van der Waals surface area (Å²) in [5, 5.41) is 2.16. The second kappa shape index (κ2) is 7.68. The number of para-hydroxylation sites is 1. The number of rotatable bonds is 6. The number of benzene rings is 1. The summed E-state index contributed by atoms with van der Waals surface area (Å²) in [5.74, 6) is -2.63. The zero-order valence-electron chi connectivity index (χ0n) is 12.3. The number of halogens is 2. The Morgan fingerprint density at radius 2 is 1.71 bits per heavy atom. The molecular formula is C14H19F2N3O2. The average Bonchev–Trinajstić information content (AvgIpc) is 2.38. The number of nitrogens with zero attached hydrogens (tertiary/aromatic N) is 2. The normalized spacial score (nSPS) is 10.6. The lowest BCUT2D eigenvalue weighted by atomic mass is 10.3. The molecule has 0 fully saturated rings. The first-order chi connectivity index (χ1) is 9.81. The van der Waals surface area contributed by atoms with Crippen molar-refractivity contribution in [1.29, 1.82) is 0 Å². The van der Waals surface area contributed by atoms with Gasteiger partial charge in [0.1, 0.15) is 17.3 Å². The molecule has 116 valence electrons. The molecule has 1 rings (SSSR count). The van der Waals surface area contributed by atoms with Crippen LogP contribution in [-0.2, 0) is 9.59 Å². The minimum Gasteiger partial charge on any atom is -0.332 e. The number of hydrogen-bond acceptors (Lipinski definition) is 3. The van der Waals surface area contributed by atoms with Gasteiger partial charge in [-0.25, -0.2) is 8.78 Å². The summed E-state index contributed by atoms with van der Waals surface area (Å²) in [7, 11) is 3.68. The van der Waals surface area contributed by atoms with Crippen LogP contribution in [0, 0.1) is 11.6 Å². The molecule has 0 aromatic heterocycles. The number of anilines is 1. The van der Waals surface area contributed by atoms with Gasteiger partial charge in [-0.05, 0) is 26.2 Å². The lowest BCUT2D eigenvalue weighted by Gasteiger charge is -2.22. The zero-order chi connectivity index (χ0) is 16.0. The molecule has 0 spiro atoms. The highest BCUT2D eigenvalue weighted by molar-refractivity contribution is 5.94. The molecule has 1 aromatic rings. The monoisotopic (exact) mass is 299 g/mol. The van der Waals surface area contributed by atoms with Crippen molar-refractivity contribution in [3.8, 4) is 0 Å². The van der Waals surface area contributed by atoms with Gasteiger partial charge in [0.25, 0.3) is 0 Å². The molecule has 0 aliphatic carbocycles. The summed E-state index contributed by atoms with van der Waals surface area (Å²) < 4.78 is 26.8. The Bertz CT molecular complexity index is 501. The van der Waals surface area contributed by atoms with E-state index >= 15 is 0 Å². The lowest BCUT2D eigenvalue weighted by molar-refractivity contribution is -0.132. The van der Waals surface area contributed by atoms with Gasteiger partial charge in [0, 0.05) is 20.0 Å². The number of likely N-dealkylation sites (N-methyl/N-ethyl adjacent to an activating group) is 1. The van der Waals surface area contributed by atoms with Crippen molar-refractivity contribution < 1.29 is 18.4 Å². The molecule has 5 nitrogen and oxygen atoms in total. The molecule has 1 aromatic carbocycles. The second-order valence-corrected chi connectivity index (χ2v) is 4.89. The summed E-state index contributed by atoms with van der Waals surface area (Å²) in [5.41, 5.74) is -0.501. The molecule has 21 heavy (non-hydrogen) atoms. The molecule has 0 saturated carbocycles. The van der Waals surface area contributed by atoms with Crippen LogP contribution in [-0.4, -0.2) is 55.3 Å². The van der Waals surface area contributed by atoms with E-state index in [0.717, 1.165) is 12.1 Å². The molecule has 0 saturated heterocycles. The van der Waals surface area contributed by atoms with Crippen LogP contribution in [0.4, 0.5) is 14.5 Å². The fourth-order valence-corrected chi connectivity index (χ4v) is 1.64. The van der Waals surface area contributed by atoms with Crippen LogP contribution in [0.5, 0.6) is 0 Å². The Morgan fingerprint density at radius 1 is 1.14 bits per heavy atom. The van der Waals surface area contributed by atoms with Gasteiger partial charge < -0.3 is 15.1 Å². The molecule has 0 aliphatic heterocycles. The van der Waals surface area contributed by atoms with Gasteiger partial charge in [0.15, 0.2) is 0 Å². The van der Waals surface area contributed by atoms with Gasteiger partial charge >= 0.3 is 0 Å². The minimum absolute atomic E-state index is 0.253. The topological polar surface area (TPSA) is 52.7 Å². The quantitative estimate of drug-likeness (QED) is 0.862. The minimum atomic E-state index is -0.856. The van der Waals surface area contributed by atoms with Crippen LogP contribution >= 0.6 is 0 Å². The smallest absolute Gasteiger partial charge is 0.244 e. The van der Waals surface area contributed by atoms with Gasteiger partial charge in [-0.3, -0.25) is 9.59 Å². The number of carbonyl (C=O) groups excluding carboxylic acids is 2. The van der Waals surface area contributed by atoms with E-state index in [0.29, 0.717) is 13.1 Å². The fourth-order valence-electron chi connectivity index (χ4n) is 1.64. The molecule has 7 heteroatoms. The van der Waals surface area contributed by atoms with E-state index in [1.165, 1.54) is 17.9 Å². The first-order valence-corrected chi connectivity index (χ1v) is 6.45. The summed E-state index contributed by atoms with van der Waals surface area (Å²) in [4.78, 5) is 26.5. The predicted octanol–water partition coefficient (Wildman–Crippen LogP) is 1.31. The largest absolute Gasteiger partial charge is 0.332 e. The van der Waals surface area contributed by atoms with Crippen LogP contribution in [0.2, 0.25) is 0 Å². The Balaban J connectivity index is 2.68. The van der Waals surface area contributed by atoms with Crippen molar-refractivity contribution in [2.45, 2.75) is 6.92 Å². The van der Waals surface area contributed by atoms with Gasteiger partial charge in [-0.1, -0.05) is 6.07 Å². The van der Waals surface area contributed by atoms with Gasteiger partial charge in [0.05, 0.1) is 6.54 Å². The third kappa shape index (κ3) is 5.47. The lowest BCUT2D eigenvalue weighted by Crippen LogP contribution is -2.40. The molecule has 1 N–H and O–H groups in total. The molecule has 2 amide bonds.